The first kappa shape index (κ1) is 28.0. The summed E-state index contributed by atoms with van der Waals surface area (Å²) >= 11 is 6.97. The Morgan fingerprint density at radius 2 is 2.00 bits per heavy atom. The fourth-order valence-corrected chi connectivity index (χ4v) is 5.96. The molecule has 0 radical (unpaired) electrons. The summed E-state index contributed by atoms with van der Waals surface area (Å²) in [6.07, 6.45) is 15.2. The number of anilines is 4. The van der Waals surface area contributed by atoms with Crippen molar-refractivity contribution < 1.29 is 4.79 Å². The van der Waals surface area contributed by atoms with E-state index in [4.69, 9.17) is 18.0 Å². The van der Waals surface area contributed by atoms with Gasteiger partial charge in [-0.25, -0.2) is 9.97 Å². The van der Waals surface area contributed by atoms with Gasteiger partial charge in [-0.2, -0.15) is 14.8 Å². The quantitative estimate of drug-likeness (QED) is 0.272. The monoisotopic (exact) mass is 610 g/mol. The predicted molar refractivity (Wildman–Crippen MR) is 166 cm³/mol. The SMILES string of the molecule is C#Cc1cnc2c(NC3CC3)nc(Nc3cc(C#N)cc(N4CCN(C5CN(C(=O)CCn6ccnc6)C5)CC4)c3Cl)nn12. The smallest absolute Gasteiger partial charge is 0.247 e. The van der Waals surface area contributed by atoms with Crippen molar-refractivity contribution in [1.29, 1.82) is 5.26 Å². The third kappa shape index (κ3) is 5.60. The predicted octanol–water partition coefficient (Wildman–Crippen LogP) is 2.57. The van der Waals surface area contributed by atoms with Gasteiger partial charge < -0.3 is 25.0 Å². The molecule has 13 nitrogen and oxygen atoms in total. The van der Waals surface area contributed by atoms with Gasteiger partial charge in [-0.1, -0.05) is 11.6 Å². The molecule has 3 aliphatic rings. The lowest BCUT2D eigenvalue weighted by Crippen LogP contribution is -2.64. The minimum absolute atomic E-state index is 0.177. The van der Waals surface area contributed by atoms with Gasteiger partial charge >= 0.3 is 0 Å². The van der Waals surface area contributed by atoms with Crippen LogP contribution in [0.5, 0.6) is 0 Å². The minimum atomic E-state index is 0.177. The van der Waals surface area contributed by atoms with Crippen LogP contribution in [0.25, 0.3) is 5.65 Å². The molecule has 0 bridgehead atoms. The first-order chi connectivity index (χ1) is 21.5. The molecule has 44 heavy (non-hydrogen) atoms. The van der Waals surface area contributed by atoms with Crippen LogP contribution in [0.1, 0.15) is 30.5 Å². The van der Waals surface area contributed by atoms with E-state index >= 15 is 0 Å². The van der Waals surface area contributed by atoms with Gasteiger partial charge in [0.1, 0.15) is 5.69 Å². The van der Waals surface area contributed by atoms with Crippen molar-refractivity contribution in [1.82, 2.24) is 38.9 Å². The van der Waals surface area contributed by atoms with Crippen molar-refractivity contribution in [2.24, 2.45) is 0 Å². The van der Waals surface area contributed by atoms with Crippen molar-refractivity contribution in [3.8, 4) is 18.4 Å². The molecule has 1 saturated carbocycles. The lowest BCUT2D eigenvalue weighted by atomic mass is 10.0. The Labute approximate surface area is 259 Å². The molecule has 2 N–H and O–H groups in total. The Bertz CT molecular complexity index is 1770. The zero-order valence-electron chi connectivity index (χ0n) is 24.0. The van der Waals surface area contributed by atoms with Crippen LogP contribution in [-0.2, 0) is 11.3 Å². The van der Waals surface area contributed by atoms with Gasteiger partial charge in [0.15, 0.2) is 11.5 Å². The molecule has 0 spiro atoms. The number of nitrogens with zero attached hydrogens (tertiary/aromatic N) is 10. The fourth-order valence-electron chi connectivity index (χ4n) is 5.69. The Hall–Kier alpha value is -4.85. The first-order valence-electron chi connectivity index (χ1n) is 14.7. The van der Waals surface area contributed by atoms with E-state index in [1.807, 2.05) is 21.7 Å². The van der Waals surface area contributed by atoms with Crippen LogP contribution < -0.4 is 15.5 Å². The number of nitrogens with one attached hydrogen (secondary N) is 2. The van der Waals surface area contributed by atoms with E-state index in [-0.39, 0.29) is 11.9 Å². The molecule has 224 valence electrons. The number of halogens is 1. The summed E-state index contributed by atoms with van der Waals surface area (Å²) in [5.74, 6) is 3.66. The Morgan fingerprint density at radius 1 is 1.18 bits per heavy atom. The molecular formula is C30H31ClN12O. The van der Waals surface area contributed by atoms with Crippen molar-refractivity contribution >= 4 is 46.3 Å². The number of benzene rings is 1. The molecule has 7 rings (SSSR count). The number of hydrogen-bond donors (Lipinski definition) is 2. The minimum Gasteiger partial charge on any atom is -0.368 e. The fraction of sp³-hybridized carbons (Fsp3) is 0.400. The van der Waals surface area contributed by atoms with E-state index in [0.717, 1.165) is 57.8 Å². The van der Waals surface area contributed by atoms with E-state index < -0.39 is 0 Å². The van der Waals surface area contributed by atoms with Crippen molar-refractivity contribution in [3.05, 3.63) is 53.3 Å². The maximum Gasteiger partial charge on any atom is 0.247 e. The number of fused-ring (bicyclic) bond motifs is 1. The molecule has 0 atom stereocenters. The molecular weight excluding hydrogens is 580 g/mol. The third-order valence-electron chi connectivity index (χ3n) is 8.39. The van der Waals surface area contributed by atoms with E-state index in [0.29, 0.717) is 58.5 Å². The van der Waals surface area contributed by atoms with Crippen LogP contribution in [0.3, 0.4) is 0 Å². The lowest BCUT2D eigenvalue weighted by molar-refractivity contribution is -0.139. The molecule has 0 unspecified atom stereocenters. The van der Waals surface area contributed by atoms with Crippen molar-refractivity contribution in [2.45, 2.75) is 37.9 Å². The molecule has 14 heteroatoms. The zero-order valence-corrected chi connectivity index (χ0v) is 24.8. The van der Waals surface area contributed by atoms with Gasteiger partial charge in [0, 0.05) is 76.7 Å². The number of piperazine rings is 1. The van der Waals surface area contributed by atoms with Crippen LogP contribution in [-0.4, -0.2) is 96.2 Å². The number of rotatable bonds is 9. The average molecular weight is 611 g/mol. The highest BCUT2D eigenvalue weighted by Crippen LogP contribution is 2.37. The number of terminal acetylenes is 1. The second-order valence-electron chi connectivity index (χ2n) is 11.3. The topological polar surface area (TPSA) is 136 Å². The summed E-state index contributed by atoms with van der Waals surface area (Å²) in [4.78, 5) is 32.3. The maximum atomic E-state index is 12.6. The molecule has 2 saturated heterocycles. The third-order valence-corrected chi connectivity index (χ3v) is 8.78. The number of aromatic nitrogens is 6. The molecule has 4 aromatic rings. The number of amides is 1. The zero-order chi connectivity index (χ0) is 30.2. The summed E-state index contributed by atoms with van der Waals surface area (Å²) in [6, 6.07) is 6.48. The molecule has 1 aromatic carbocycles. The standard InChI is InChI=1S/C30H31ClN12O/c1-2-22-16-34-29-28(35-21-3-4-21)37-30(38-43(22)29)36-24-13-20(15-32)14-25(27(24)31)41-11-9-40(10-12-41)23-17-42(18-23)26(44)5-7-39-8-6-33-19-39/h1,6,8,13-14,16,19,21,23H,3-5,7,9-12,17-18H2,(H2,35,36,37,38). The highest BCUT2D eigenvalue weighted by molar-refractivity contribution is 6.36. The summed E-state index contributed by atoms with van der Waals surface area (Å²) in [5, 5.41) is 21.5. The number of aryl methyl sites for hydroxylation is 1. The van der Waals surface area contributed by atoms with Gasteiger partial charge in [0.05, 0.1) is 40.6 Å². The number of likely N-dealkylation sites (tertiary alicyclic amines) is 1. The van der Waals surface area contributed by atoms with Gasteiger partial charge in [-0.05, 0) is 30.9 Å². The van der Waals surface area contributed by atoms with E-state index in [1.54, 1.807) is 29.3 Å². The highest BCUT2D eigenvalue weighted by Gasteiger charge is 2.36. The van der Waals surface area contributed by atoms with Gasteiger partial charge in [-0.3, -0.25) is 9.69 Å². The second-order valence-corrected chi connectivity index (χ2v) is 11.7. The van der Waals surface area contributed by atoms with Crippen LogP contribution in [0.4, 0.5) is 23.1 Å². The van der Waals surface area contributed by atoms with Crippen molar-refractivity contribution in [2.75, 3.05) is 54.8 Å². The molecule has 1 aliphatic carbocycles. The summed E-state index contributed by atoms with van der Waals surface area (Å²) in [5.41, 5.74) is 2.85. The first-order valence-corrected chi connectivity index (χ1v) is 15.1. The number of imidazole rings is 2. The molecule has 3 fully saturated rings. The van der Waals surface area contributed by atoms with Gasteiger partial charge in [-0.15, -0.1) is 11.5 Å². The second kappa shape index (κ2) is 11.7. The highest BCUT2D eigenvalue weighted by atomic mass is 35.5. The van der Waals surface area contributed by atoms with Gasteiger partial charge in [0.25, 0.3) is 0 Å². The van der Waals surface area contributed by atoms with Crippen LogP contribution in [0.2, 0.25) is 5.02 Å². The number of carbonyl (C=O) groups excluding carboxylic acids is 1. The van der Waals surface area contributed by atoms with Crippen molar-refractivity contribution in [3.63, 3.8) is 0 Å². The van der Waals surface area contributed by atoms with E-state index in [9.17, 15) is 10.1 Å². The van der Waals surface area contributed by atoms with Crippen LogP contribution >= 0.6 is 11.6 Å². The Kier molecular flexibility index (Phi) is 7.42. The Morgan fingerprint density at radius 3 is 2.70 bits per heavy atom. The maximum absolute atomic E-state index is 12.6. The van der Waals surface area contributed by atoms with Crippen LogP contribution in [0.15, 0.2) is 37.1 Å². The van der Waals surface area contributed by atoms with Gasteiger partial charge in [0.2, 0.25) is 11.9 Å². The number of carbonyl (C=O) groups is 1. The van der Waals surface area contributed by atoms with E-state index in [2.05, 4.69) is 52.5 Å². The largest absolute Gasteiger partial charge is 0.368 e. The van der Waals surface area contributed by atoms with Crippen LogP contribution in [0, 0.1) is 23.7 Å². The average Bonchev–Trinajstić information content (AvgIpc) is 3.48. The normalized spacial score (nSPS) is 17.2. The molecule has 5 heterocycles. The lowest BCUT2D eigenvalue weighted by Gasteiger charge is -2.48. The number of nitriles is 1. The summed E-state index contributed by atoms with van der Waals surface area (Å²) in [6.45, 7) is 5.32. The molecule has 1 amide bonds. The molecule has 3 aromatic heterocycles. The number of hydrogen-bond acceptors (Lipinski definition) is 10. The summed E-state index contributed by atoms with van der Waals surface area (Å²) in [7, 11) is 0. The molecule has 2 aliphatic heterocycles. The van der Waals surface area contributed by atoms with E-state index in [1.165, 1.54) is 0 Å². The summed E-state index contributed by atoms with van der Waals surface area (Å²) < 4.78 is 3.50. The Balaban J connectivity index is 1.02.